The number of hydrogen-bond acceptors (Lipinski definition) is 2. The first-order chi connectivity index (χ1) is 16.7. The van der Waals surface area contributed by atoms with Gasteiger partial charge in [0.15, 0.2) is 0 Å². The van der Waals surface area contributed by atoms with E-state index in [0.717, 1.165) is 18.5 Å². The number of phenols is 1. The van der Waals surface area contributed by atoms with E-state index in [2.05, 4.69) is 12.2 Å². The van der Waals surface area contributed by atoms with Gasteiger partial charge < -0.3 is 10.4 Å². The average molecular weight is 472 g/mol. The minimum atomic E-state index is -0.0501. The van der Waals surface area contributed by atoms with Crippen molar-refractivity contribution >= 4 is 12.0 Å². The van der Waals surface area contributed by atoms with Crippen LogP contribution >= 0.6 is 0 Å². The van der Waals surface area contributed by atoms with E-state index in [0.29, 0.717) is 0 Å². The lowest BCUT2D eigenvalue weighted by Crippen LogP contribution is -2.21. The molecule has 0 aliphatic heterocycles. The van der Waals surface area contributed by atoms with Crippen LogP contribution in [0.1, 0.15) is 141 Å². The summed E-state index contributed by atoms with van der Waals surface area (Å²) >= 11 is 0. The van der Waals surface area contributed by atoms with Crippen LogP contribution in [0.15, 0.2) is 30.3 Å². The summed E-state index contributed by atoms with van der Waals surface area (Å²) in [6.45, 7) is 3.04. The van der Waals surface area contributed by atoms with Gasteiger partial charge in [0.05, 0.1) is 0 Å². The van der Waals surface area contributed by atoms with Gasteiger partial charge in [-0.15, -0.1) is 0 Å². The molecule has 2 N–H and O–H groups in total. The highest BCUT2D eigenvalue weighted by molar-refractivity contribution is 5.91. The van der Waals surface area contributed by atoms with Crippen molar-refractivity contribution < 1.29 is 9.90 Å². The summed E-state index contributed by atoms with van der Waals surface area (Å²) < 4.78 is 0. The normalized spacial score (nSPS) is 11.3. The molecule has 0 spiro atoms. The Morgan fingerprint density at radius 1 is 0.647 bits per heavy atom. The number of aromatic hydroxyl groups is 1. The summed E-state index contributed by atoms with van der Waals surface area (Å²) in [6, 6.07) is 6.82. The molecule has 1 aromatic rings. The molecule has 0 aliphatic carbocycles. The summed E-state index contributed by atoms with van der Waals surface area (Å²) in [6.07, 6.45) is 31.0. The molecule has 0 bridgehead atoms. The number of unbranched alkanes of at least 4 members (excludes halogenated alkanes) is 19. The van der Waals surface area contributed by atoms with Gasteiger partial charge in [-0.25, -0.2) is 0 Å². The first-order valence-corrected chi connectivity index (χ1v) is 14.5. The Labute approximate surface area is 210 Å². The summed E-state index contributed by atoms with van der Waals surface area (Å²) in [5.74, 6) is 0.187. The van der Waals surface area contributed by atoms with Gasteiger partial charge in [0.25, 0.3) is 0 Å². The molecule has 0 saturated heterocycles. The van der Waals surface area contributed by atoms with Crippen LogP contribution in [0.5, 0.6) is 5.75 Å². The molecule has 0 saturated carbocycles. The molecule has 1 amide bonds. The SMILES string of the molecule is CCCCCCCCCCCCCCCCCCCCCCNC(=O)C=Cc1ccc(O)cc1. The fourth-order valence-electron chi connectivity index (χ4n) is 4.41. The van der Waals surface area contributed by atoms with Gasteiger partial charge in [-0.2, -0.15) is 0 Å². The molecule has 0 aromatic heterocycles. The second-order valence-electron chi connectivity index (χ2n) is 9.93. The zero-order valence-electron chi connectivity index (χ0n) is 22.2. The maximum absolute atomic E-state index is 11.8. The van der Waals surface area contributed by atoms with Gasteiger partial charge in [0.1, 0.15) is 5.75 Å². The molecule has 1 rings (SSSR count). The van der Waals surface area contributed by atoms with Gasteiger partial charge in [-0.3, -0.25) is 4.79 Å². The zero-order valence-corrected chi connectivity index (χ0v) is 22.2. The maximum atomic E-state index is 11.8. The van der Waals surface area contributed by atoms with Crippen LogP contribution < -0.4 is 5.32 Å². The van der Waals surface area contributed by atoms with Crippen LogP contribution in [-0.4, -0.2) is 17.6 Å². The van der Waals surface area contributed by atoms with Crippen LogP contribution in [0.25, 0.3) is 6.08 Å². The molecule has 1 aromatic carbocycles. The van der Waals surface area contributed by atoms with Crippen molar-refractivity contribution in [3.63, 3.8) is 0 Å². The van der Waals surface area contributed by atoms with E-state index >= 15 is 0 Å². The lowest BCUT2D eigenvalue weighted by Gasteiger charge is -2.04. The Morgan fingerprint density at radius 2 is 1.03 bits per heavy atom. The summed E-state index contributed by atoms with van der Waals surface area (Å²) in [7, 11) is 0. The van der Waals surface area contributed by atoms with E-state index in [1.807, 2.05) is 0 Å². The Bertz CT molecular complexity index is 608. The van der Waals surface area contributed by atoms with Gasteiger partial charge >= 0.3 is 0 Å². The van der Waals surface area contributed by atoms with Crippen LogP contribution in [0.4, 0.5) is 0 Å². The predicted molar refractivity (Wildman–Crippen MR) is 148 cm³/mol. The van der Waals surface area contributed by atoms with Crippen LogP contribution in [0.2, 0.25) is 0 Å². The third-order valence-electron chi connectivity index (χ3n) is 6.65. The molecular formula is C31H53NO2. The second kappa shape index (κ2) is 23.0. The molecule has 3 nitrogen and oxygen atoms in total. The van der Waals surface area contributed by atoms with Crippen molar-refractivity contribution in [2.45, 2.75) is 135 Å². The number of amides is 1. The quantitative estimate of drug-likeness (QED) is 0.123. The molecule has 3 heteroatoms. The van der Waals surface area contributed by atoms with E-state index < -0.39 is 0 Å². The van der Waals surface area contributed by atoms with Gasteiger partial charge in [-0.1, -0.05) is 141 Å². The molecule has 0 unspecified atom stereocenters. The van der Waals surface area contributed by atoms with E-state index in [4.69, 9.17) is 0 Å². The maximum Gasteiger partial charge on any atom is 0.243 e. The van der Waals surface area contributed by atoms with Crippen molar-refractivity contribution in [2.24, 2.45) is 0 Å². The highest BCUT2D eigenvalue weighted by atomic mass is 16.3. The molecule has 0 atom stereocenters. The summed E-state index contributed by atoms with van der Waals surface area (Å²) in [5.41, 5.74) is 0.909. The minimum absolute atomic E-state index is 0.0501. The van der Waals surface area contributed by atoms with Crippen LogP contribution in [-0.2, 0) is 4.79 Å². The van der Waals surface area contributed by atoms with Crippen molar-refractivity contribution in [1.82, 2.24) is 5.32 Å². The number of carbonyl (C=O) groups excluding carboxylic acids is 1. The smallest absolute Gasteiger partial charge is 0.243 e. The van der Waals surface area contributed by atoms with E-state index in [1.165, 1.54) is 122 Å². The molecule has 0 radical (unpaired) electrons. The lowest BCUT2D eigenvalue weighted by atomic mass is 10.0. The van der Waals surface area contributed by atoms with Gasteiger partial charge in [0.2, 0.25) is 5.91 Å². The Kier molecular flexibility index (Phi) is 20.5. The highest BCUT2D eigenvalue weighted by Gasteiger charge is 1.97. The fraction of sp³-hybridized carbons (Fsp3) is 0.710. The zero-order chi connectivity index (χ0) is 24.5. The monoisotopic (exact) mass is 471 g/mol. The Balaban J connectivity index is 1.75. The van der Waals surface area contributed by atoms with Crippen LogP contribution in [0.3, 0.4) is 0 Å². The first kappa shape index (κ1) is 30.3. The first-order valence-electron chi connectivity index (χ1n) is 14.5. The molecule has 0 aliphatic rings. The number of hydrogen-bond donors (Lipinski definition) is 2. The van der Waals surface area contributed by atoms with E-state index in [9.17, 15) is 9.90 Å². The third-order valence-corrected chi connectivity index (χ3v) is 6.65. The lowest BCUT2D eigenvalue weighted by molar-refractivity contribution is -0.116. The Hall–Kier alpha value is -1.77. The van der Waals surface area contributed by atoms with Gasteiger partial charge in [-0.05, 0) is 30.2 Å². The van der Waals surface area contributed by atoms with E-state index in [-0.39, 0.29) is 11.7 Å². The Morgan fingerprint density at radius 3 is 1.44 bits per heavy atom. The van der Waals surface area contributed by atoms with Crippen molar-refractivity contribution in [2.75, 3.05) is 6.54 Å². The number of phenolic OH excluding ortho intramolecular Hbond substituents is 1. The number of benzene rings is 1. The predicted octanol–water partition coefficient (Wildman–Crippen LogP) is 9.34. The number of nitrogens with one attached hydrogen (secondary N) is 1. The fourth-order valence-corrected chi connectivity index (χ4v) is 4.41. The highest BCUT2D eigenvalue weighted by Crippen LogP contribution is 2.15. The molecule has 0 heterocycles. The van der Waals surface area contributed by atoms with E-state index in [1.54, 1.807) is 36.4 Å². The second-order valence-corrected chi connectivity index (χ2v) is 9.93. The third kappa shape index (κ3) is 19.7. The van der Waals surface area contributed by atoms with Crippen molar-refractivity contribution in [3.8, 4) is 5.75 Å². The molecule has 34 heavy (non-hydrogen) atoms. The standard InChI is InChI=1S/C31H53NO2/c1-2-3-4-5-6-7-8-9-10-11-12-13-14-15-16-17-18-19-20-21-28-32-31(34)27-24-29-22-25-30(33)26-23-29/h22-27,33H,2-21,28H2,1H3,(H,32,34). The van der Waals surface area contributed by atoms with Crippen molar-refractivity contribution in [1.29, 1.82) is 0 Å². The van der Waals surface area contributed by atoms with Gasteiger partial charge in [0, 0.05) is 12.6 Å². The summed E-state index contributed by atoms with van der Waals surface area (Å²) in [5, 5.41) is 12.2. The molecule has 0 fully saturated rings. The molecular weight excluding hydrogens is 418 g/mol. The van der Waals surface area contributed by atoms with Crippen molar-refractivity contribution in [3.05, 3.63) is 35.9 Å². The number of carbonyl (C=O) groups is 1. The molecule has 194 valence electrons. The minimum Gasteiger partial charge on any atom is -0.508 e. The topological polar surface area (TPSA) is 49.3 Å². The number of rotatable bonds is 23. The summed E-state index contributed by atoms with van der Waals surface area (Å²) in [4.78, 5) is 11.8. The largest absolute Gasteiger partial charge is 0.508 e. The van der Waals surface area contributed by atoms with Crippen LogP contribution in [0, 0.1) is 0 Å². The average Bonchev–Trinajstić information content (AvgIpc) is 2.84.